The summed E-state index contributed by atoms with van der Waals surface area (Å²) in [5.41, 5.74) is 0.261. The van der Waals surface area contributed by atoms with Crippen molar-refractivity contribution in [2.75, 3.05) is 0 Å². The molecule has 136 valence electrons. The Bertz CT molecular complexity index is 1210. The van der Waals surface area contributed by atoms with E-state index in [1.54, 1.807) is 42.5 Å². The van der Waals surface area contributed by atoms with Crippen molar-refractivity contribution < 1.29 is 13.2 Å². The van der Waals surface area contributed by atoms with Crippen molar-refractivity contribution in [3.05, 3.63) is 64.7 Å². The van der Waals surface area contributed by atoms with E-state index in [-0.39, 0.29) is 22.0 Å². The van der Waals surface area contributed by atoms with Gasteiger partial charge in [0, 0.05) is 5.39 Å². The van der Waals surface area contributed by atoms with Gasteiger partial charge in [0.2, 0.25) is 5.82 Å². The number of halogens is 3. The molecule has 0 unspecified atom stereocenters. The average Bonchev–Trinajstić information content (AvgIpc) is 2.66. The molecule has 0 saturated carbocycles. The molecule has 2 heterocycles. The van der Waals surface area contributed by atoms with E-state index in [9.17, 15) is 18.0 Å². The van der Waals surface area contributed by atoms with Gasteiger partial charge in [-0.2, -0.15) is 17.9 Å². The zero-order valence-electron chi connectivity index (χ0n) is 13.5. The van der Waals surface area contributed by atoms with Crippen LogP contribution in [0.1, 0.15) is 5.82 Å². The Hall–Kier alpha value is -3.01. The van der Waals surface area contributed by atoms with E-state index >= 15 is 0 Å². The van der Waals surface area contributed by atoms with Gasteiger partial charge in [-0.05, 0) is 18.2 Å². The van der Waals surface area contributed by atoms with Crippen LogP contribution >= 0.6 is 11.8 Å². The van der Waals surface area contributed by atoms with E-state index in [4.69, 9.17) is 0 Å². The van der Waals surface area contributed by atoms with Gasteiger partial charge in [0.25, 0.3) is 5.56 Å². The first-order valence-electron chi connectivity index (χ1n) is 7.73. The number of para-hydroxylation sites is 1. The smallest absolute Gasteiger partial charge is 0.267 e. The van der Waals surface area contributed by atoms with Crippen molar-refractivity contribution in [3.63, 3.8) is 0 Å². The zero-order valence-corrected chi connectivity index (χ0v) is 14.3. The first kappa shape index (κ1) is 17.4. The van der Waals surface area contributed by atoms with E-state index < -0.39 is 12.0 Å². The summed E-state index contributed by atoms with van der Waals surface area (Å²) in [6, 6.07) is 13.1. The molecule has 0 N–H and O–H groups in total. The Labute approximate surface area is 154 Å². The van der Waals surface area contributed by atoms with Crippen molar-refractivity contribution in [1.29, 1.82) is 0 Å². The van der Waals surface area contributed by atoms with Crippen molar-refractivity contribution in [1.82, 2.24) is 25.0 Å². The number of hydrogen-bond acceptors (Lipinski definition) is 6. The Morgan fingerprint density at radius 3 is 2.33 bits per heavy atom. The molecule has 0 atom stereocenters. The molecule has 0 bridgehead atoms. The third-order valence-corrected chi connectivity index (χ3v) is 4.73. The summed E-state index contributed by atoms with van der Waals surface area (Å²) in [7, 11) is 0. The molecule has 27 heavy (non-hydrogen) atoms. The van der Waals surface area contributed by atoms with Gasteiger partial charge in [0.1, 0.15) is 10.5 Å². The van der Waals surface area contributed by atoms with E-state index in [1.165, 1.54) is 6.07 Å². The lowest BCUT2D eigenvalue weighted by atomic mass is 10.2. The molecule has 0 aliphatic carbocycles. The van der Waals surface area contributed by atoms with Gasteiger partial charge in [-0.15, -0.1) is 5.10 Å². The second kappa shape index (κ2) is 6.62. The molecule has 0 aliphatic heterocycles. The maximum absolute atomic E-state index is 13.1. The minimum absolute atomic E-state index is 0.0328. The highest BCUT2D eigenvalue weighted by Gasteiger charge is 2.35. The molecule has 4 aromatic rings. The number of nitrogens with zero attached hydrogens (tertiary/aromatic N) is 5. The van der Waals surface area contributed by atoms with Crippen LogP contribution in [0.15, 0.2) is 58.4 Å². The number of alkyl halides is 3. The lowest BCUT2D eigenvalue weighted by Gasteiger charge is -2.10. The van der Waals surface area contributed by atoms with Gasteiger partial charge >= 0.3 is 6.18 Å². The van der Waals surface area contributed by atoms with Crippen LogP contribution < -0.4 is 5.56 Å². The van der Waals surface area contributed by atoms with Crippen LogP contribution in [0.2, 0.25) is 0 Å². The zero-order chi connectivity index (χ0) is 19.0. The average molecular weight is 389 g/mol. The number of hydrogen-bond donors (Lipinski definition) is 0. The molecular formula is C17H10F3N5OS. The molecular weight excluding hydrogens is 379 g/mol. The van der Waals surface area contributed by atoms with E-state index in [1.807, 2.05) is 0 Å². The summed E-state index contributed by atoms with van der Waals surface area (Å²) < 4.78 is 40.4. The maximum Gasteiger partial charge on any atom is 0.451 e. The predicted octanol–water partition coefficient (Wildman–Crippen LogP) is 3.50. The predicted molar refractivity (Wildman–Crippen MR) is 94.2 cm³/mol. The standard InChI is InChI=1S/C17H10F3N5OS/c18-17(19,20)16-21-12-7-3-1-5-10(12)14(22-16)27-9-25-15(26)11-6-2-4-8-13(11)23-24-25/h1-8H,9H2. The third kappa shape index (κ3) is 3.35. The third-order valence-electron chi connectivity index (χ3n) is 3.77. The molecule has 2 aromatic carbocycles. The van der Waals surface area contributed by atoms with Crippen molar-refractivity contribution in [2.24, 2.45) is 0 Å². The molecule has 0 spiro atoms. The van der Waals surface area contributed by atoms with Crippen LogP contribution in [-0.4, -0.2) is 25.0 Å². The van der Waals surface area contributed by atoms with E-state index in [2.05, 4.69) is 20.3 Å². The fourth-order valence-electron chi connectivity index (χ4n) is 2.51. The minimum atomic E-state index is -4.67. The Morgan fingerprint density at radius 1 is 0.926 bits per heavy atom. The fourth-order valence-corrected chi connectivity index (χ4v) is 3.41. The summed E-state index contributed by atoms with van der Waals surface area (Å²) in [4.78, 5) is 19.7. The summed E-state index contributed by atoms with van der Waals surface area (Å²) >= 11 is 0.965. The molecule has 0 saturated heterocycles. The van der Waals surface area contributed by atoms with Gasteiger partial charge in [0.05, 0.1) is 16.8 Å². The topological polar surface area (TPSA) is 73.6 Å². The summed E-state index contributed by atoms with van der Waals surface area (Å²) in [5, 5.41) is 8.78. The minimum Gasteiger partial charge on any atom is -0.267 e. The molecule has 0 radical (unpaired) electrons. The van der Waals surface area contributed by atoms with Gasteiger partial charge in [-0.3, -0.25) is 4.79 Å². The molecule has 6 nitrogen and oxygen atoms in total. The van der Waals surface area contributed by atoms with Gasteiger partial charge in [-0.25, -0.2) is 9.97 Å². The lowest BCUT2D eigenvalue weighted by molar-refractivity contribution is -0.145. The normalized spacial score (nSPS) is 12.0. The highest BCUT2D eigenvalue weighted by Crippen LogP contribution is 2.32. The Kier molecular flexibility index (Phi) is 4.27. The SMILES string of the molecule is O=c1c2ccccc2nnn1CSc1nc(C(F)(F)F)nc2ccccc12. The van der Waals surface area contributed by atoms with Crippen LogP contribution in [0.4, 0.5) is 13.2 Å². The monoisotopic (exact) mass is 389 g/mol. The molecule has 2 aromatic heterocycles. The number of aromatic nitrogens is 5. The number of fused-ring (bicyclic) bond motifs is 2. The highest BCUT2D eigenvalue weighted by atomic mass is 32.2. The lowest BCUT2D eigenvalue weighted by Crippen LogP contribution is -2.23. The second-order valence-electron chi connectivity index (χ2n) is 5.55. The Balaban J connectivity index is 1.74. The van der Waals surface area contributed by atoms with Crippen molar-refractivity contribution >= 4 is 33.6 Å². The van der Waals surface area contributed by atoms with Gasteiger partial charge in [0.15, 0.2) is 0 Å². The van der Waals surface area contributed by atoms with Crippen molar-refractivity contribution in [3.8, 4) is 0 Å². The number of thioether (sulfide) groups is 1. The van der Waals surface area contributed by atoms with Crippen LogP contribution in [0.3, 0.4) is 0 Å². The van der Waals surface area contributed by atoms with Gasteiger partial charge < -0.3 is 0 Å². The Morgan fingerprint density at radius 2 is 1.59 bits per heavy atom. The largest absolute Gasteiger partial charge is 0.451 e. The molecule has 0 amide bonds. The molecule has 10 heteroatoms. The van der Waals surface area contributed by atoms with Crippen LogP contribution in [0, 0.1) is 0 Å². The highest BCUT2D eigenvalue weighted by molar-refractivity contribution is 7.98. The molecule has 0 aliphatic rings. The maximum atomic E-state index is 13.1. The fraction of sp³-hybridized carbons (Fsp3) is 0.118. The van der Waals surface area contributed by atoms with E-state index in [0.717, 1.165) is 16.4 Å². The summed E-state index contributed by atoms with van der Waals surface area (Å²) in [6.45, 7) is 0. The first-order chi connectivity index (χ1) is 12.9. The molecule has 0 fully saturated rings. The quantitative estimate of drug-likeness (QED) is 0.394. The van der Waals surface area contributed by atoms with E-state index in [0.29, 0.717) is 16.3 Å². The molecule has 4 rings (SSSR count). The first-order valence-corrected chi connectivity index (χ1v) is 8.71. The van der Waals surface area contributed by atoms with Gasteiger partial charge in [-0.1, -0.05) is 47.3 Å². The van der Waals surface area contributed by atoms with Crippen LogP contribution in [-0.2, 0) is 12.1 Å². The van der Waals surface area contributed by atoms with Crippen molar-refractivity contribution in [2.45, 2.75) is 17.1 Å². The number of benzene rings is 2. The van der Waals surface area contributed by atoms with Crippen LogP contribution in [0.25, 0.3) is 21.8 Å². The number of rotatable bonds is 3. The van der Waals surface area contributed by atoms with Crippen LogP contribution in [0.5, 0.6) is 0 Å². The summed E-state index contributed by atoms with van der Waals surface area (Å²) in [6.07, 6.45) is -4.67. The summed E-state index contributed by atoms with van der Waals surface area (Å²) in [5.74, 6) is -1.25. The second-order valence-corrected chi connectivity index (χ2v) is 6.49.